The molecule has 15 heavy (non-hydrogen) atoms. The summed E-state index contributed by atoms with van der Waals surface area (Å²) in [5.74, 6) is -0.950. The Hall–Kier alpha value is -1.90. The largest absolute Gasteiger partial charge is 0.478 e. The number of hydrogen-bond donors (Lipinski definition) is 1. The molecule has 0 radical (unpaired) electrons. The van der Waals surface area contributed by atoms with E-state index in [1.807, 2.05) is 0 Å². The van der Waals surface area contributed by atoms with Crippen molar-refractivity contribution in [3.63, 3.8) is 0 Å². The normalized spacial score (nSPS) is 9.67. The lowest BCUT2D eigenvalue weighted by molar-refractivity contribution is -0.130. The molecule has 0 aromatic heterocycles. The molecule has 0 aliphatic heterocycles. The topological polar surface area (TPSA) is 54.4 Å². The number of Topliss-reactive ketones (excluding diaryl/α,β-unsaturated/α-hetero) is 1. The highest BCUT2D eigenvalue weighted by Gasteiger charge is 2.06. The quantitative estimate of drug-likeness (QED) is 0.762. The molecule has 0 aliphatic carbocycles. The van der Waals surface area contributed by atoms with Crippen LogP contribution in [0.2, 0.25) is 0 Å². The first-order valence-corrected chi connectivity index (χ1v) is 4.51. The number of benzene rings is 1. The van der Waals surface area contributed by atoms with Gasteiger partial charge in [-0.2, -0.15) is 0 Å². The molecule has 3 nitrogen and oxygen atoms in total. The highest BCUT2D eigenvalue weighted by Crippen LogP contribution is 2.13. The fraction of sp³-hybridized carbons (Fsp3) is 0.167. The first-order valence-electron chi connectivity index (χ1n) is 4.51. The summed E-state index contributed by atoms with van der Waals surface area (Å²) in [6.45, 7) is 4.97. The van der Waals surface area contributed by atoms with Crippen LogP contribution in [0.1, 0.15) is 18.1 Å². The fourth-order valence-electron chi connectivity index (χ4n) is 1.23. The summed E-state index contributed by atoms with van der Waals surface area (Å²) < 4.78 is 0. The molecule has 1 rings (SSSR count). The number of carboxylic acids is 1. The predicted molar refractivity (Wildman–Crippen MR) is 57.5 cm³/mol. The van der Waals surface area contributed by atoms with Gasteiger partial charge in [-0.25, -0.2) is 4.79 Å². The zero-order valence-corrected chi connectivity index (χ0v) is 8.49. The molecule has 3 heteroatoms. The molecular formula is C12H12O3. The minimum Gasteiger partial charge on any atom is -0.478 e. The number of rotatable bonds is 4. The second-order valence-corrected chi connectivity index (χ2v) is 3.36. The molecule has 0 heterocycles. The summed E-state index contributed by atoms with van der Waals surface area (Å²) in [7, 11) is 0. The van der Waals surface area contributed by atoms with Gasteiger partial charge in [0.25, 0.3) is 0 Å². The third-order valence-corrected chi connectivity index (χ3v) is 2.01. The molecule has 0 unspecified atom stereocenters. The highest BCUT2D eigenvalue weighted by atomic mass is 16.4. The SMILES string of the molecule is C=C(C(=O)O)c1ccc(CC(C)=O)cc1. The van der Waals surface area contributed by atoms with E-state index in [2.05, 4.69) is 6.58 Å². The smallest absolute Gasteiger partial charge is 0.335 e. The van der Waals surface area contributed by atoms with Crippen molar-refractivity contribution in [3.8, 4) is 0 Å². The van der Waals surface area contributed by atoms with Gasteiger partial charge in [-0.05, 0) is 18.1 Å². The van der Waals surface area contributed by atoms with Crippen LogP contribution in [-0.2, 0) is 16.0 Å². The van der Waals surface area contributed by atoms with Crippen LogP contribution in [0.3, 0.4) is 0 Å². The number of carbonyl (C=O) groups excluding carboxylic acids is 1. The standard InChI is InChI=1S/C12H12O3/c1-8(13)7-10-3-5-11(6-4-10)9(2)12(14)15/h3-6H,2,7H2,1H3,(H,14,15). The Morgan fingerprint density at radius 1 is 1.27 bits per heavy atom. The van der Waals surface area contributed by atoms with E-state index in [-0.39, 0.29) is 11.4 Å². The van der Waals surface area contributed by atoms with E-state index in [4.69, 9.17) is 5.11 Å². The van der Waals surface area contributed by atoms with Crippen LogP contribution < -0.4 is 0 Å². The lowest BCUT2D eigenvalue weighted by Crippen LogP contribution is -1.99. The van der Waals surface area contributed by atoms with Crippen molar-refractivity contribution in [3.05, 3.63) is 42.0 Å². The summed E-state index contributed by atoms with van der Waals surface area (Å²) in [5, 5.41) is 8.70. The number of carboxylic acid groups (broad SMARTS) is 1. The van der Waals surface area contributed by atoms with Crippen molar-refractivity contribution in [1.29, 1.82) is 0 Å². The first kappa shape index (κ1) is 11.2. The monoisotopic (exact) mass is 204 g/mol. The minimum absolute atomic E-state index is 0.0596. The molecule has 78 valence electrons. The van der Waals surface area contributed by atoms with Gasteiger partial charge in [0.15, 0.2) is 0 Å². The number of ketones is 1. The summed E-state index contributed by atoms with van der Waals surface area (Å²) in [5.41, 5.74) is 1.50. The average Bonchev–Trinajstić information content (AvgIpc) is 2.17. The molecule has 1 N–H and O–H groups in total. The second kappa shape index (κ2) is 4.55. The maximum atomic E-state index is 10.8. The summed E-state index contributed by atoms with van der Waals surface area (Å²) in [4.78, 5) is 21.4. The third-order valence-electron chi connectivity index (χ3n) is 2.01. The first-order chi connectivity index (χ1) is 7.00. The molecule has 1 aromatic carbocycles. The van der Waals surface area contributed by atoms with Crippen molar-refractivity contribution in [2.75, 3.05) is 0 Å². The van der Waals surface area contributed by atoms with Crippen LogP contribution in [0.5, 0.6) is 0 Å². The molecular weight excluding hydrogens is 192 g/mol. The Balaban J connectivity index is 2.85. The molecule has 0 spiro atoms. The maximum absolute atomic E-state index is 10.8. The van der Waals surface area contributed by atoms with Crippen LogP contribution in [0.25, 0.3) is 5.57 Å². The Kier molecular flexibility index (Phi) is 3.39. The van der Waals surface area contributed by atoms with Crippen molar-refractivity contribution in [1.82, 2.24) is 0 Å². The van der Waals surface area contributed by atoms with Gasteiger partial charge in [0.1, 0.15) is 5.78 Å². The van der Waals surface area contributed by atoms with Gasteiger partial charge in [-0.15, -0.1) is 0 Å². The zero-order chi connectivity index (χ0) is 11.4. The molecule has 0 saturated carbocycles. The van der Waals surface area contributed by atoms with Crippen LogP contribution in [-0.4, -0.2) is 16.9 Å². The summed E-state index contributed by atoms with van der Waals surface area (Å²) in [6.07, 6.45) is 0.375. The zero-order valence-electron chi connectivity index (χ0n) is 8.49. The lowest BCUT2D eigenvalue weighted by Gasteiger charge is -2.02. The molecule has 0 aliphatic rings. The molecule has 0 amide bonds. The molecule has 0 saturated heterocycles. The van der Waals surface area contributed by atoms with E-state index >= 15 is 0 Å². The Morgan fingerprint density at radius 3 is 2.20 bits per heavy atom. The fourth-order valence-corrected chi connectivity index (χ4v) is 1.23. The third kappa shape index (κ3) is 3.06. The Labute approximate surface area is 88.0 Å². The van der Waals surface area contributed by atoms with Gasteiger partial charge in [-0.3, -0.25) is 4.79 Å². The predicted octanol–water partition coefficient (Wildman–Crippen LogP) is 1.92. The van der Waals surface area contributed by atoms with E-state index in [0.29, 0.717) is 12.0 Å². The van der Waals surface area contributed by atoms with Gasteiger partial charge in [0.2, 0.25) is 0 Å². The maximum Gasteiger partial charge on any atom is 0.335 e. The van der Waals surface area contributed by atoms with E-state index in [9.17, 15) is 9.59 Å². The van der Waals surface area contributed by atoms with E-state index in [1.165, 1.54) is 6.92 Å². The molecule has 0 fully saturated rings. The molecule has 0 bridgehead atoms. The van der Waals surface area contributed by atoms with Gasteiger partial charge in [-0.1, -0.05) is 30.8 Å². The van der Waals surface area contributed by atoms with Gasteiger partial charge in [0.05, 0.1) is 5.57 Å². The van der Waals surface area contributed by atoms with Crippen LogP contribution in [0, 0.1) is 0 Å². The molecule has 0 atom stereocenters. The number of carbonyl (C=O) groups is 2. The van der Waals surface area contributed by atoms with Gasteiger partial charge in [0, 0.05) is 6.42 Å². The Morgan fingerprint density at radius 2 is 1.80 bits per heavy atom. The van der Waals surface area contributed by atoms with Crippen LogP contribution >= 0.6 is 0 Å². The Bertz CT molecular complexity index is 401. The van der Waals surface area contributed by atoms with Crippen LogP contribution in [0.4, 0.5) is 0 Å². The summed E-state index contributed by atoms with van der Waals surface area (Å²) in [6, 6.07) is 6.80. The van der Waals surface area contributed by atoms with E-state index in [1.54, 1.807) is 24.3 Å². The number of aliphatic carboxylic acids is 1. The van der Waals surface area contributed by atoms with E-state index in [0.717, 1.165) is 5.56 Å². The van der Waals surface area contributed by atoms with Gasteiger partial charge >= 0.3 is 5.97 Å². The van der Waals surface area contributed by atoms with Gasteiger partial charge < -0.3 is 5.11 Å². The van der Waals surface area contributed by atoms with Crippen LogP contribution in [0.15, 0.2) is 30.8 Å². The van der Waals surface area contributed by atoms with Crippen molar-refractivity contribution in [2.24, 2.45) is 0 Å². The minimum atomic E-state index is -1.03. The van der Waals surface area contributed by atoms with Crippen molar-refractivity contribution in [2.45, 2.75) is 13.3 Å². The summed E-state index contributed by atoms with van der Waals surface area (Å²) >= 11 is 0. The second-order valence-electron chi connectivity index (χ2n) is 3.36. The van der Waals surface area contributed by atoms with Crippen molar-refractivity contribution >= 4 is 17.3 Å². The number of hydrogen-bond acceptors (Lipinski definition) is 2. The van der Waals surface area contributed by atoms with E-state index < -0.39 is 5.97 Å². The van der Waals surface area contributed by atoms with Crippen molar-refractivity contribution < 1.29 is 14.7 Å². The lowest BCUT2D eigenvalue weighted by atomic mass is 10.0. The highest BCUT2D eigenvalue weighted by molar-refractivity contribution is 6.14. The molecule has 1 aromatic rings. The average molecular weight is 204 g/mol.